The molecule has 4 rings (SSSR count). The van der Waals surface area contributed by atoms with Gasteiger partial charge in [0, 0.05) is 6.54 Å². The number of hydrogen-bond acceptors (Lipinski definition) is 2. The molecular weight excluding hydrogens is 324 g/mol. The fourth-order valence-electron chi connectivity index (χ4n) is 3.19. The molecule has 4 aromatic rings. The first-order valence-electron chi connectivity index (χ1n) is 8.46. The van der Waals surface area contributed by atoms with E-state index in [-0.39, 0.29) is 5.56 Å². The van der Waals surface area contributed by atoms with Crippen LogP contribution < -0.4 is 0 Å². The number of aryl methyl sites for hydroxylation is 1. The van der Waals surface area contributed by atoms with Crippen molar-refractivity contribution in [2.75, 3.05) is 0 Å². The van der Waals surface area contributed by atoms with Gasteiger partial charge in [-0.2, -0.15) is 0 Å². The summed E-state index contributed by atoms with van der Waals surface area (Å²) in [5.41, 5.74) is 5.44. The summed E-state index contributed by atoms with van der Waals surface area (Å²) in [6.45, 7) is 2.60. The van der Waals surface area contributed by atoms with Crippen LogP contribution in [0.25, 0.3) is 22.2 Å². The van der Waals surface area contributed by atoms with Crippen molar-refractivity contribution in [2.45, 2.75) is 13.5 Å². The zero-order valence-electron chi connectivity index (χ0n) is 14.4. The number of hydrogen-bond donors (Lipinski definition) is 1. The Bertz CT molecular complexity index is 1080. The Balaban J connectivity index is 1.67. The molecule has 0 atom stereocenters. The number of aromatic nitrogens is 2. The number of carboxylic acid groups (broad SMARTS) is 1. The molecule has 4 heteroatoms. The number of imidazole rings is 1. The molecule has 0 aliphatic heterocycles. The summed E-state index contributed by atoms with van der Waals surface area (Å²) in [7, 11) is 0. The molecule has 1 N–H and O–H groups in total. The van der Waals surface area contributed by atoms with Gasteiger partial charge in [-0.15, -0.1) is 0 Å². The van der Waals surface area contributed by atoms with E-state index < -0.39 is 5.97 Å². The second-order valence-electron chi connectivity index (χ2n) is 6.32. The summed E-state index contributed by atoms with van der Waals surface area (Å²) in [6, 6.07) is 23.7. The highest BCUT2D eigenvalue weighted by Crippen LogP contribution is 2.22. The van der Waals surface area contributed by atoms with Crippen LogP contribution in [0, 0.1) is 6.92 Å². The Kier molecular flexibility index (Phi) is 4.01. The van der Waals surface area contributed by atoms with Gasteiger partial charge in [0.25, 0.3) is 0 Å². The number of fused-ring (bicyclic) bond motifs is 1. The second kappa shape index (κ2) is 6.48. The van der Waals surface area contributed by atoms with E-state index in [4.69, 9.17) is 0 Å². The van der Waals surface area contributed by atoms with Gasteiger partial charge in [0.1, 0.15) is 5.82 Å². The van der Waals surface area contributed by atoms with E-state index in [1.165, 1.54) is 11.1 Å². The van der Waals surface area contributed by atoms with E-state index in [9.17, 15) is 9.90 Å². The van der Waals surface area contributed by atoms with Crippen molar-refractivity contribution < 1.29 is 9.90 Å². The molecule has 128 valence electrons. The molecule has 1 heterocycles. The molecule has 1 aromatic heterocycles. The number of carbonyl (C=O) groups is 1. The summed E-state index contributed by atoms with van der Waals surface area (Å²) < 4.78 is 2.05. The Hall–Kier alpha value is -3.40. The van der Waals surface area contributed by atoms with E-state index in [2.05, 4.69) is 45.9 Å². The van der Waals surface area contributed by atoms with Gasteiger partial charge >= 0.3 is 5.97 Å². The second-order valence-corrected chi connectivity index (χ2v) is 6.32. The predicted octanol–water partition coefficient (Wildman–Crippen LogP) is 4.76. The molecule has 4 nitrogen and oxygen atoms in total. The van der Waals surface area contributed by atoms with Crippen molar-refractivity contribution in [2.24, 2.45) is 0 Å². The maximum Gasteiger partial charge on any atom is 0.335 e. The molecule has 0 fully saturated rings. The van der Waals surface area contributed by atoms with Gasteiger partial charge in [-0.1, -0.05) is 54.6 Å². The molecule has 0 spiro atoms. The normalized spacial score (nSPS) is 11.0. The molecular formula is C22H18N2O2. The number of carboxylic acids is 1. The lowest BCUT2D eigenvalue weighted by Crippen LogP contribution is -2.03. The Morgan fingerprint density at radius 3 is 2.35 bits per heavy atom. The van der Waals surface area contributed by atoms with E-state index >= 15 is 0 Å². The molecule has 0 unspecified atom stereocenters. The minimum Gasteiger partial charge on any atom is -0.478 e. The van der Waals surface area contributed by atoms with Crippen molar-refractivity contribution in [1.29, 1.82) is 0 Å². The largest absolute Gasteiger partial charge is 0.478 e. The van der Waals surface area contributed by atoms with Crippen molar-refractivity contribution in [3.05, 3.63) is 89.7 Å². The van der Waals surface area contributed by atoms with Crippen LogP contribution in [0.15, 0.2) is 72.8 Å². The highest BCUT2D eigenvalue weighted by molar-refractivity contribution is 5.92. The Morgan fingerprint density at radius 1 is 0.962 bits per heavy atom. The fourth-order valence-corrected chi connectivity index (χ4v) is 3.19. The third-order valence-electron chi connectivity index (χ3n) is 4.59. The molecule has 0 radical (unpaired) electrons. The Morgan fingerprint density at radius 2 is 1.65 bits per heavy atom. The molecule has 3 aromatic carbocycles. The van der Waals surface area contributed by atoms with Crippen LogP contribution in [0.5, 0.6) is 0 Å². The van der Waals surface area contributed by atoms with Crippen molar-refractivity contribution in [3.63, 3.8) is 0 Å². The number of aromatic carboxylic acids is 1. The van der Waals surface area contributed by atoms with Crippen LogP contribution in [0.2, 0.25) is 0 Å². The lowest BCUT2D eigenvalue weighted by atomic mass is 10.0. The first-order chi connectivity index (χ1) is 12.6. The standard InChI is InChI=1S/C22H18N2O2/c1-15-23-20-12-11-19(22(25)26)13-21(20)24(15)14-16-7-9-18(10-8-16)17-5-3-2-4-6-17/h2-13H,14H2,1H3,(H,25,26). The van der Waals surface area contributed by atoms with Crippen LogP contribution in [0.4, 0.5) is 0 Å². The van der Waals surface area contributed by atoms with E-state index in [1.807, 2.05) is 25.1 Å². The SMILES string of the molecule is Cc1nc2ccc(C(=O)O)cc2n1Cc1ccc(-c2ccccc2)cc1. The van der Waals surface area contributed by atoms with E-state index in [0.29, 0.717) is 6.54 Å². The summed E-state index contributed by atoms with van der Waals surface area (Å²) in [4.78, 5) is 15.8. The molecule has 0 saturated heterocycles. The van der Waals surface area contributed by atoms with Gasteiger partial charge in [-0.05, 0) is 41.8 Å². The number of nitrogens with zero attached hydrogens (tertiary/aromatic N) is 2. The van der Waals surface area contributed by atoms with Crippen LogP contribution in [0.3, 0.4) is 0 Å². The average molecular weight is 342 g/mol. The average Bonchev–Trinajstić information content (AvgIpc) is 2.98. The lowest BCUT2D eigenvalue weighted by molar-refractivity contribution is 0.0697. The van der Waals surface area contributed by atoms with E-state index in [1.54, 1.807) is 18.2 Å². The molecule has 26 heavy (non-hydrogen) atoms. The lowest BCUT2D eigenvalue weighted by Gasteiger charge is -2.09. The Labute approximate surface area is 151 Å². The van der Waals surface area contributed by atoms with Gasteiger partial charge in [-0.25, -0.2) is 9.78 Å². The quantitative estimate of drug-likeness (QED) is 0.582. The van der Waals surface area contributed by atoms with Crippen LogP contribution in [-0.4, -0.2) is 20.6 Å². The van der Waals surface area contributed by atoms with Gasteiger partial charge in [0.15, 0.2) is 0 Å². The summed E-state index contributed by atoms with van der Waals surface area (Å²) >= 11 is 0. The maximum absolute atomic E-state index is 11.3. The molecule has 0 aliphatic rings. The zero-order chi connectivity index (χ0) is 18.1. The third kappa shape index (κ3) is 2.97. The minimum atomic E-state index is -0.926. The van der Waals surface area contributed by atoms with Gasteiger partial charge < -0.3 is 9.67 Å². The van der Waals surface area contributed by atoms with Crippen molar-refractivity contribution >= 4 is 17.0 Å². The first-order valence-corrected chi connectivity index (χ1v) is 8.46. The molecule has 0 amide bonds. The smallest absolute Gasteiger partial charge is 0.335 e. The van der Waals surface area contributed by atoms with Crippen LogP contribution in [-0.2, 0) is 6.54 Å². The molecule has 0 saturated carbocycles. The minimum absolute atomic E-state index is 0.276. The summed E-state index contributed by atoms with van der Waals surface area (Å²) in [5.74, 6) is -0.0563. The summed E-state index contributed by atoms with van der Waals surface area (Å²) in [6.07, 6.45) is 0. The maximum atomic E-state index is 11.3. The predicted molar refractivity (Wildman–Crippen MR) is 102 cm³/mol. The van der Waals surface area contributed by atoms with Crippen molar-refractivity contribution in [3.8, 4) is 11.1 Å². The monoisotopic (exact) mass is 342 g/mol. The first kappa shape index (κ1) is 16.1. The topological polar surface area (TPSA) is 55.1 Å². The van der Waals surface area contributed by atoms with Crippen molar-refractivity contribution in [1.82, 2.24) is 9.55 Å². The summed E-state index contributed by atoms with van der Waals surface area (Å²) in [5, 5.41) is 9.24. The van der Waals surface area contributed by atoms with Gasteiger partial charge in [-0.3, -0.25) is 0 Å². The number of benzene rings is 3. The van der Waals surface area contributed by atoms with Gasteiger partial charge in [0.05, 0.1) is 16.6 Å². The van der Waals surface area contributed by atoms with Gasteiger partial charge in [0.2, 0.25) is 0 Å². The molecule has 0 aliphatic carbocycles. The molecule has 0 bridgehead atoms. The zero-order valence-corrected chi connectivity index (χ0v) is 14.4. The highest BCUT2D eigenvalue weighted by atomic mass is 16.4. The van der Waals surface area contributed by atoms with E-state index in [0.717, 1.165) is 22.4 Å². The fraction of sp³-hybridized carbons (Fsp3) is 0.0909. The van der Waals surface area contributed by atoms with Crippen LogP contribution in [0.1, 0.15) is 21.7 Å². The third-order valence-corrected chi connectivity index (χ3v) is 4.59. The van der Waals surface area contributed by atoms with Crippen LogP contribution >= 0.6 is 0 Å². The number of rotatable bonds is 4. The highest BCUT2D eigenvalue weighted by Gasteiger charge is 2.11.